The minimum atomic E-state index is -0.509. The van der Waals surface area contributed by atoms with E-state index < -0.39 is 6.10 Å². The molecule has 0 aliphatic rings. The van der Waals surface area contributed by atoms with E-state index in [-0.39, 0.29) is 12.7 Å². The van der Waals surface area contributed by atoms with Crippen LogP contribution in [-0.4, -0.2) is 47.3 Å². The quantitative estimate of drug-likeness (QED) is 0.364. The fraction of sp³-hybridized carbons (Fsp3) is 0.625. The van der Waals surface area contributed by atoms with Crippen molar-refractivity contribution in [1.29, 1.82) is 0 Å². The molecule has 0 rings (SSSR count). The van der Waals surface area contributed by atoms with E-state index in [1.165, 1.54) is 0 Å². The third-order valence-electron chi connectivity index (χ3n) is 2.08. The Balaban J connectivity index is -0.000000246. The molecule has 2 unspecified atom stereocenters. The molecule has 0 aromatic rings. The van der Waals surface area contributed by atoms with E-state index >= 15 is 0 Å². The van der Waals surface area contributed by atoms with Crippen LogP contribution in [0.15, 0.2) is 37.5 Å². The number of hydrogen-bond acceptors (Lipinski definition) is 4. The van der Waals surface area contributed by atoms with Crippen LogP contribution in [0, 0.1) is 0 Å². The van der Waals surface area contributed by atoms with E-state index in [9.17, 15) is 0 Å². The standard InChI is InChI=1S/C8H16O2.C4H10O2.C4H6/c1-3-5-6-10-7-8(9)4-2;1-2-4(6)3-5;1-3-4-2/h3,5,8-9H,4,6-7H2,1-2H3;4-6H,2-3H2,1H3;3-4H,1-2H2/b5-3+;;. The van der Waals surface area contributed by atoms with Gasteiger partial charge in [0.05, 0.1) is 32.0 Å². The van der Waals surface area contributed by atoms with Gasteiger partial charge in [0.2, 0.25) is 0 Å². The minimum Gasteiger partial charge on any atom is -0.394 e. The van der Waals surface area contributed by atoms with Crippen molar-refractivity contribution in [3.63, 3.8) is 0 Å². The third kappa shape index (κ3) is 30.3. The van der Waals surface area contributed by atoms with Crippen LogP contribution >= 0.6 is 0 Å². The molecule has 0 fully saturated rings. The lowest BCUT2D eigenvalue weighted by Gasteiger charge is -2.05. The SMILES string of the molecule is C/C=C/COCC(O)CC.C=CC=C.CCC(O)CO. The van der Waals surface area contributed by atoms with Crippen LogP contribution in [0.5, 0.6) is 0 Å². The zero-order valence-electron chi connectivity index (χ0n) is 13.2. The Morgan fingerprint density at radius 1 is 1.05 bits per heavy atom. The molecule has 0 saturated heterocycles. The first-order valence-corrected chi connectivity index (χ1v) is 6.93. The average molecular weight is 288 g/mol. The fourth-order valence-corrected chi connectivity index (χ4v) is 0.615. The molecule has 0 heterocycles. The molecule has 0 aromatic carbocycles. The number of rotatable bonds is 8. The number of allylic oxidation sites excluding steroid dienone is 3. The van der Waals surface area contributed by atoms with Crippen molar-refractivity contribution in [3.8, 4) is 0 Å². The van der Waals surface area contributed by atoms with Gasteiger partial charge in [-0.1, -0.05) is 51.3 Å². The van der Waals surface area contributed by atoms with Crippen molar-refractivity contribution in [2.45, 2.75) is 45.8 Å². The van der Waals surface area contributed by atoms with Crippen LogP contribution in [0.4, 0.5) is 0 Å². The van der Waals surface area contributed by atoms with Crippen LogP contribution < -0.4 is 0 Å². The van der Waals surface area contributed by atoms with Gasteiger partial charge in [-0.2, -0.15) is 0 Å². The van der Waals surface area contributed by atoms with Crippen LogP contribution in [0.1, 0.15) is 33.6 Å². The van der Waals surface area contributed by atoms with Crippen molar-refractivity contribution < 1.29 is 20.1 Å². The van der Waals surface area contributed by atoms with Crippen LogP contribution in [0.3, 0.4) is 0 Å². The summed E-state index contributed by atoms with van der Waals surface area (Å²) in [5.74, 6) is 0. The van der Waals surface area contributed by atoms with Gasteiger partial charge >= 0.3 is 0 Å². The second-order valence-corrected chi connectivity index (χ2v) is 3.88. The van der Waals surface area contributed by atoms with Crippen LogP contribution in [0.25, 0.3) is 0 Å². The van der Waals surface area contributed by atoms with Gasteiger partial charge in [0.25, 0.3) is 0 Å². The number of aliphatic hydroxyl groups is 3. The Bertz CT molecular complexity index is 205. The summed E-state index contributed by atoms with van der Waals surface area (Å²) in [4.78, 5) is 0. The largest absolute Gasteiger partial charge is 0.394 e. The Hall–Kier alpha value is -0.940. The van der Waals surface area contributed by atoms with E-state index in [2.05, 4.69) is 13.2 Å². The highest BCUT2D eigenvalue weighted by atomic mass is 16.5. The molecule has 2 atom stereocenters. The molecule has 0 bridgehead atoms. The monoisotopic (exact) mass is 288 g/mol. The van der Waals surface area contributed by atoms with Crippen molar-refractivity contribution in [2.24, 2.45) is 0 Å². The summed E-state index contributed by atoms with van der Waals surface area (Å²) in [7, 11) is 0. The molecule has 4 nitrogen and oxygen atoms in total. The summed E-state index contributed by atoms with van der Waals surface area (Å²) in [6, 6.07) is 0. The maximum atomic E-state index is 9.01. The van der Waals surface area contributed by atoms with E-state index in [4.69, 9.17) is 20.1 Å². The van der Waals surface area contributed by atoms with Gasteiger partial charge in [-0.25, -0.2) is 0 Å². The summed E-state index contributed by atoms with van der Waals surface area (Å²) in [5.41, 5.74) is 0. The number of hydrogen-bond donors (Lipinski definition) is 3. The second-order valence-electron chi connectivity index (χ2n) is 3.88. The first-order valence-electron chi connectivity index (χ1n) is 6.93. The fourth-order valence-electron chi connectivity index (χ4n) is 0.615. The highest BCUT2D eigenvalue weighted by molar-refractivity contribution is 4.88. The molecule has 120 valence electrons. The number of aliphatic hydroxyl groups excluding tert-OH is 3. The molecule has 0 spiro atoms. The summed E-state index contributed by atoms with van der Waals surface area (Å²) in [6.07, 6.45) is 7.71. The number of ether oxygens (including phenoxy) is 1. The van der Waals surface area contributed by atoms with Gasteiger partial charge in [0.15, 0.2) is 0 Å². The van der Waals surface area contributed by atoms with E-state index in [1.807, 2.05) is 32.9 Å². The Morgan fingerprint density at radius 3 is 1.80 bits per heavy atom. The highest BCUT2D eigenvalue weighted by Gasteiger charge is 1.97. The normalized spacial score (nSPS) is 12.5. The summed E-state index contributed by atoms with van der Waals surface area (Å²) in [5, 5.41) is 25.5. The summed E-state index contributed by atoms with van der Waals surface area (Å²) < 4.78 is 5.09. The van der Waals surface area contributed by atoms with E-state index in [0.29, 0.717) is 19.6 Å². The van der Waals surface area contributed by atoms with Crippen molar-refractivity contribution >= 4 is 0 Å². The summed E-state index contributed by atoms with van der Waals surface area (Å²) in [6.45, 7) is 13.4. The predicted molar refractivity (Wildman–Crippen MR) is 85.7 cm³/mol. The average Bonchev–Trinajstić information content (AvgIpc) is 2.51. The molecule has 0 aliphatic heterocycles. The lowest BCUT2D eigenvalue weighted by atomic mass is 10.3. The molecule has 0 radical (unpaired) electrons. The van der Waals surface area contributed by atoms with Crippen molar-refractivity contribution in [1.82, 2.24) is 0 Å². The smallest absolute Gasteiger partial charge is 0.0771 e. The zero-order chi connectivity index (χ0) is 16.2. The third-order valence-corrected chi connectivity index (χ3v) is 2.08. The van der Waals surface area contributed by atoms with Crippen molar-refractivity contribution in [2.75, 3.05) is 19.8 Å². The molecule has 3 N–H and O–H groups in total. The molecule has 20 heavy (non-hydrogen) atoms. The van der Waals surface area contributed by atoms with Gasteiger partial charge in [-0.3, -0.25) is 0 Å². The minimum absolute atomic E-state index is 0.115. The topological polar surface area (TPSA) is 69.9 Å². The first kappa shape index (κ1) is 24.1. The van der Waals surface area contributed by atoms with Gasteiger partial charge in [-0.05, 0) is 19.8 Å². The van der Waals surface area contributed by atoms with Gasteiger partial charge in [0.1, 0.15) is 0 Å². The molecule has 0 amide bonds. The second kappa shape index (κ2) is 23.2. The lowest BCUT2D eigenvalue weighted by molar-refractivity contribution is 0.0473. The maximum Gasteiger partial charge on any atom is 0.0771 e. The Morgan fingerprint density at radius 2 is 1.55 bits per heavy atom. The molecule has 0 aromatic heterocycles. The first-order chi connectivity index (χ1) is 9.53. The van der Waals surface area contributed by atoms with Crippen LogP contribution in [0.2, 0.25) is 0 Å². The van der Waals surface area contributed by atoms with E-state index in [0.717, 1.165) is 6.42 Å². The molecular weight excluding hydrogens is 256 g/mol. The van der Waals surface area contributed by atoms with Gasteiger partial charge in [0, 0.05) is 0 Å². The van der Waals surface area contributed by atoms with Gasteiger partial charge < -0.3 is 20.1 Å². The van der Waals surface area contributed by atoms with Gasteiger partial charge in [-0.15, -0.1) is 0 Å². The zero-order valence-corrected chi connectivity index (χ0v) is 13.2. The highest BCUT2D eigenvalue weighted by Crippen LogP contribution is 1.90. The summed E-state index contributed by atoms with van der Waals surface area (Å²) >= 11 is 0. The van der Waals surface area contributed by atoms with E-state index in [1.54, 1.807) is 12.2 Å². The molecule has 0 aliphatic carbocycles. The molecule has 4 heteroatoms. The Labute approximate surface area is 124 Å². The van der Waals surface area contributed by atoms with Crippen LogP contribution in [-0.2, 0) is 4.74 Å². The van der Waals surface area contributed by atoms with Crippen molar-refractivity contribution in [3.05, 3.63) is 37.5 Å². The Kier molecular flexibility index (Phi) is 27.9. The molecular formula is C16H32O4. The predicted octanol–water partition coefficient (Wildman–Crippen LogP) is 2.46. The molecule has 0 saturated carbocycles. The maximum absolute atomic E-state index is 9.01. The lowest BCUT2D eigenvalue weighted by Crippen LogP contribution is -2.13.